The Balaban J connectivity index is 2.61. The van der Waals surface area contributed by atoms with E-state index in [4.69, 9.17) is 0 Å². The third-order valence-electron chi connectivity index (χ3n) is 1.75. The molecular weight excluding hydrogens is 172 g/mol. The first-order chi connectivity index (χ1) is 5.83. The molecule has 0 unspecified atom stereocenters. The van der Waals surface area contributed by atoms with Gasteiger partial charge >= 0.3 is 0 Å². The molecule has 1 amide bonds. The maximum Gasteiger partial charge on any atom is 0.254 e. The summed E-state index contributed by atoms with van der Waals surface area (Å²) in [6.07, 6.45) is 1.74. The molecule has 0 spiro atoms. The van der Waals surface area contributed by atoms with E-state index >= 15 is 0 Å². The monoisotopic (exact) mass is 180 g/mol. The molecule has 2 N–H and O–H groups in total. The number of aromatic amines is 1. The van der Waals surface area contributed by atoms with Gasteiger partial charge in [0, 0.05) is 13.2 Å². The van der Waals surface area contributed by atoms with E-state index in [1.165, 1.54) is 0 Å². The summed E-state index contributed by atoms with van der Waals surface area (Å²) in [5.74, 6) is -0.0382. The van der Waals surface area contributed by atoms with Crippen molar-refractivity contribution >= 4 is 27.5 Å². The molecule has 0 aromatic carbocycles. The zero-order valence-corrected chi connectivity index (χ0v) is 7.37. The van der Waals surface area contributed by atoms with E-state index in [1.807, 2.05) is 11.4 Å². The molecule has 3 nitrogen and oxygen atoms in total. The Labute approximate surface area is 73.4 Å². The van der Waals surface area contributed by atoms with Crippen molar-refractivity contribution < 1.29 is 4.79 Å². The summed E-state index contributed by atoms with van der Waals surface area (Å²) < 4.78 is 1.02. The molecule has 2 aromatic heterocycles. The molecule has 4 heteroatoms. The second kappa shape index (κ2) is 2.64. The lowest BCUT2D eigenvalue weighted by Crippen LogP contribution is -2.16. The first kappa shape index (κ1) is 7.36. The molecule has 0 saturated carbocycles. The van der Waals surface area contributed by atoms with Crippen molar-refractivity contribution in [2.24, 2.45) is 0 Å². The average Bonchev–Trinajstić information content (AvgIpc) is 2.62. The first-order valence-electron chi connectivity index (χ1n) is 3.59. The number of carbonyl (C=O) groups excluding carboxylic acids is 1. The van der Waals surface area contributed by atoms with Crippen molar-refractivity contribution in [3.63, 3.8) is 0 Å². The van der Waals surface area contributed by atoms with E-state index < -0.39 is 0 Å². The highest BCUT2D eigenvalue weighted by Gasteiger charge is 2.10. The lowest BCUT2D eigenvalue weighted by molar-refractivity contribution is 0.0965. The first-order valence-corrected chi connectivity index (χ1v) is 4.47. The number of carbonyl (C=O) groups is 1. The van der Waals surface area contributed by atoms with Crippen LogP contribution in [0.3, 0.4) is 0 Å². The predicted molar refractivity (Wildman–Crippen MR) is 49.6 cm³/mol. The zero-order chi connectivity index (χ0) is 8.55. The highest BCUT2D eigenvalue weighted by atomic mass is 32.1. The van der Waals surface area contributed by atoms with Crippen LogP contribution in [0.2, 0.25) is 0 Å². The summed E-state index contributed by atoms with van der Waals surface area (Å²) in [6.45, 7) is 0. The molecule has 0 saturated heterocycles. The smallest absolute Gasteiger partial charge is 0.254 e. The lowest BCUT2D eigenvalue weighted by Gasteiger charge is -1.92. The van der Waals surface area contributed by atoms with Gasteiger partial charge in [-0.2, -0.15) is 0 Å². The Kier molecular flexibility index (Phi) is 1.62. The van der Waals surface area contributed by atoms with E-state index in [-0.39, 0.29) is 5.91 Å². The Hall–Kier alpha value is -1.29. The quantitative estimate of drug-likeness (QED) is 0.687. The van der Waals surface area contributed by atoms with Gasteiger partial charge in [0.25, 0.3) is 5.91 Å². The number of rotatable bonds is 1. The van der Waals surface area contributed by atoms with Crippen LogP contribution >= 0.6 is 11.3 Å². The van der Waals surface area contributed by atoms with Gasteiger partial charge in [-0.05, 0) is 11.4 Å². The molecule has 0 bridgehead atoms. The molecule has 2 heterocycles. The van der Waals surface area contributed by atoms with Gasteiger partial charge in [0.05, 0.1) is 15.8 Å². The summed E-state index contributed by atoms with van der Waals surface area (Å²) in [4.78, 5) is 14.3. The van der Waals surface area contributed by atoms with E-state index in [0.29, 0.717) is 0 Å². The number of aromatic nitrogens is 1. The predicted octanol–water partition coefficient (Wildman–Crippen LogP) is 1.59. The Morgan fingerprint density at radius 2 is 2.50 bits per heavy atom. The van der Waals surface area contributed by atoms with Gasteiger partial charge in [-0.1, -0.05) is 0 Å². The Morgan fingerprint density at radius 3 is 3.25 bits per heavy atom. The number of thiophene rings is 1. The molecule has 0 aliphatic rings. The van der Waals surface area contributed by atoms with Crippen molar-refractivity contribution in [1.29, 1.82) is 0 Å². The average molecular weight is 180 g/mol. The number of amides is 1. The van der Waals surface area contributed by atoms with Gasteiger partial charge in [0.1, 0.15) is 0 Å². The fourth-order valence-electron chi connectivity index (χ4n) is 1.15. The van der Waals surface area contributed by atoms with Crippen LogP contribution in [-0.4, -0.2) is 17.9 Å². The highest BCUT2D eigenvalue weighted by Crippen LogP contribution is 2.23. The molecule has 0 aliphatic heterocycles. The van der Waals surface area contributed by atoms with Crippen LogP contribution in [0.1, 0.15) is 10.4 Å². The van der Waals surface area contributed by atoms with Crippen LogP contribution in [0.25, 0.3) is 10.2 Å². The fraction of sp³-hybridized carbons (Fsp3) is 0.125. The van der Waals surface area contributed by atoms with Gasteiger partial charge in [-0.3, -0.25) is 4.79 Å². The van der Waals surface area contributed by atoms with Crippen LogP contribution in [0.4, 0.5) is 0 Å². The third kappa shape index (κ3) is 0.921. The molecule has 2 rings (SSSR count). The molecule has 0 atom stereocenters. The zero-order valence-electron chi connectivity index (χ0n) is 6.55. The van der Waals surface area contributed by atoms with E-state index in [1.54, 1.807) is 24.6 Å². The van der Waals surface area contributed by atoms with Crippen LogP contribution < -0.4 is 5.32 Å². The molecular formula is C8H8N2OS. The summed E-state index contributed by atoms with van der Waals surface area (Å²) in [5.41, 5.74) is 1.75. The topological polar surface area (TPSA) is 44.9 Å². The molecule has 0 radical (unpaired) electrons. The second-order valence-corrected chi connectivity index (χ2v) is 3.36. The number of hydrogen-bond acceptors (Lipinski definition) is 2. The highest BCUT2D eigenvalue weighted by molar-refractivity contribution is 7.17. The van der Waals surface area contributed by atoms with Crippen LogP contribution in [0.5, 0.6) is 0 Å². The summed E-state index contributed by atoms with van der Waals surface area (Å²) in [5, 5.41) is 4.56. The minimum atomic E-state index is -0.0382. The largest absolute Gasteiger partial charge is 0.360 e. The maximum atomic E-state index is 11.3. The molecule has 2 aromatic rings. The van der Waals surface area contributed by atoms with Gasteiger partial charge < -0.3 is 10.3 Å². The number of fused-ring (bicyclic) bond motifs is 1. The number of hydrogen-bond donors (Lipinski definition) is 2. The van der Waals surface area contributed by atoms with Gasteiger partial charge in [-0.25, -0.2) is 0 Å². The van der Waals surface area contributed by atoms with Crippen molar-refractivity contribution in [3.05, 3.63) is 23.2 Å². The minimum Gasteiger partial charge on any atom is -0.360 e. The summed E-state index contributed by atoms with van der Waals surface area (Å²) >= 11 is 1.57. The SMILES string of the molecule is CNC(=O)c1c[nH]c2ccsc12. The van der Waals surface area contributed by atoms with E-state index in [0.717, 1.165) is 15.8 Å². The molecule has 62 valence electrons. The van der Waals surface area contributed by atoms with Crippen LogP contribution in [0, 0.1) is 0 Å². The number of H-pyrrole nitrogens is 1. The lowest BCUT2D eigenvalue weighted by atomic mass is 10.3. The molecule has 12 heavy (non-hydrogen) atoms. The summed E-state index contributed by atoms with van der Waals surface area (Å²) in [6, 6.07) is 1.96. The second-order valence-electron chi connectivity index (χ2n) is 2.44. The molecule has 0 aliphatic carbocycles. The summed E-state index contributed by atoms with van der Waals surface area (Å²) in [7, 11) is 1.63. The van der Waals surface area contributed by atoms with Crippen molar-refractivity contribution in [2.75, 3.05) is 7.05 Å². The van der Waals surface area contributed by atoms with Crippen LogP contribution in [-0.2, 0) is 0 Å². The Morgan fingerprint density at radius 1 is 1.67 bits per heavy atom. The van der Waals surface area contributed by atoms with E-state index in [2.05, 4.69) is 10.3 Å². The van der Waals surface area contributed by atoms with Gasteiger partial charge in [-0.15, -0.1) is 11.3 Å². The standard InChI is InChI=1S/C8H8N2OS/c1-9-8(11)5-4-10-6-2-3-12-7(5)6/h2-4,10H,1H3,(H,9,11). The number of nitrogens with one attached hydrogen (secondary N) is 2. The normalized spacial score (nSPS) is 10.4. The van der Waals surface area contributed by atoms with Crippen LogP contribution in [0.15, 0.2) is 17.6 Å². The van der Waals surface area contributed by atoms with Gasteiger partial charge in [0.2, 0.25) is 0 Å². The maximum absolute atomic E-state index is 11.3. The van der Waals surface area contributed by atoms with Crippen molar-refractivity contribution in [3.8, 4) is 0 Å². The Bertz CT molecular complexity index is 415. The minimum absolute atomic E-state index is 0.0382. The molecule has 0 fully saturated rings. The van der Waals surface area contributed by atoms with Crippen molar-refractivity contribution in [1.82, 2.24) is 10.3 Å². The van der Waals surface area contributed by atoms with E-state index in [9.17, 15) is 4.79 Å². The van der Waals surface area contributed by atoms with Gasteiger partial charge in [0.15, 0.2) is 0 Å². The fourth-order valence-corrected chi connectivity index (χ4v) is 2.02. The van der Waals surface area contributed by atoms with Crippen molar-refractivity contribution in [2.45, 2.75) is 0 Å². The third-order valence-corrected chi connectivity index (χ3v) is 2.70.